The summed E-state index contributed by atoms with van der Waals surface area (Å²) in [5.41, 5.74) is -0.253. The molecule has 3 heterocycles. The minimum absolute atomic E-state index is 0.0643. The number of carbonyl (C=O) groups excluding carboxylic acids is 2. The Morgan fingerprint density at radius 3 is 2.38 bits per heavy atom. The van der Waals surface area contributed by atoms with Gasteiger partial charge in [-0.3, -0.25) is 14.4 Å². The van der Waals surface area contributed by atoms with Crippen LogP contribution in [0.3, 0.4) is 0 Å². The first kappa shape index (κ1) is 28.1. The molecule has 0 saturated carbocycles. The van der Waals surface area contributed by atoms with E-state index >= 15 is 0 Å². The molecule has 1 aliphatic rings. The molecule has 11 nitrogen and oxygen atoms in total. The number of rotatable bonds is 7. The molecular weight excluding hydrogens is 543 g/mol. The van der Waals surface area contributed by atoms with Gasteiger partial charge in [-0.2, -0.15) is 4.98 Å². The molecule has 214 valence electrons. The number of carboxylic acid groups (broad SMARTS) is 1. The number of hydrogen-bond acceptors (Lipinski definition) is 7. The van der Waals surface area contributed by atoms with E-state index in [1.165, 1.54) is 36.7 Å². The fourth-order valence-electron chi connectivity index (χ4n) is 4.67. The maximum atomic E-state index is 14.5. The maximum absolute atomic E-state index is 14.5. The van der Waals surface area contributed by atoms with Crippen molar-refractivity contribution < 1.29 is 23.9 Å². The molecule has 2 N–H and O–H groups in total. The summed E-state index contributed by atoms with van der Waals surface area (Å²) < 4.78 is 16.0. The number of hydrogen-bond donors (Lipinski definition) is 2. The molecule has 0 radical (unpaired) electrons. The van der Waals surface area contributed by atoms with Gasteiger partial charge in [0.1, 0.15) is 22.7 Å². The third-order valence-electron chi connectivity index (χ3n) is 6.94. The number of aromatic carboxylic acids is 1. The van der Waals surface area contributed by atoms with Crippen LogP contribution >= 0.6 is 0 Å². The molecule has 42 heavy (non-hydrogen) atoms. The number of nitrogens with one attached hydrogen (secondary N) is 1. The Labute approximate surface area is 239 Å². The van der Waals surface area contributed by atoms with Crippen LogP contribution in [0.1, 0.15) is 33.2 Å². The summed E-state index contributed by atoms with van der Waals surface area (Å²) in [6, 6.07) is 14.4. The van der Waals surface area contributed by atoms with E-state index in [-0.39, 0.29) is 35.3 Å². The predicted octanol–water partition coefficient (Wildman–Crippen LogP) is 2.77. The molecule has 1 aliphatic heterocycles. The molecule has 5 rings (SSSR count). The van der Waals surface area contributed by atoms with Crippen LogP contribution in [-0.2, 0) is 11.3 Å². The van der Waals surface area contributed by atoms with E-state index in [2.05, 4.69) is 15.3 Å². The normalized spacial score (nSPS) is 13.7. The highest BCUT2D eigenvalue weighted by Gasteiger charge is 2.27. The molecule has 12 heteroatoms. The average Bonchev–Trinajstić information content (AvgIpc) is 3.01. The van der Waals surface area contributed by atoms with Crippen molar-refractivity contribution in [3.63, 3.8) is 0 Å². The van der Waals surface area contributed by atoms with E-state index in [0.717, 1.165) is 0 Å². The number of pyridine rings is 1. The first-order chi connectivity index (χ1) is 20.3. The van der Waals surface area contributed by atoms with Gasteiger partial charge in [0.2, 0.25) is 11.4 Å². The minimum atomic E-state index is -1.32. The Morgan fingerprint density at radius 2 is 1.71 bits per heavy atom. The van der Waals surface area contributed by atoms with E-state index in [4.69, 9.17) is 0 Å². The zero-order valence-electron chi connectivity index (χ0n) is 22.7. The minimum Gasteiger partial charge on any atom is -0.477 e. The summed E-state index contributed by atoms with van der Waals surface area (Å²) in [6.45, 7) is 3.41. The Morgan fingerprint density at radius 1 is 1.02 bits per heavy atom. The van der Waals surface area contributed by atoms with Gasteiger partial charge in [-0.15, -0.1) is 0 Å². The van der Waals surface area contributed by atoms with Crippen molar-refractivity contribution in [2.75, 3.05) is 31.1 Å². The van der Waals surface area contributed by atoms with Crippen LogP contribution in [0.25, 0.3) is 17.1 Å². The Kier molecular flexibility index (Phi) is 8.05. The van der Waals surface area contributed by atoms with Crippen molar-refractivity contribution in [3.8, 4) is 0 Å². The zero-order chi connectivity index (χ0) is 29.8. The summed E-state index contributed by atoms with van der Waals surface area (Å²) in [6.07, 6.45) is 3.92. The number of piperazine rings is 1. The third-order valence-corrected chi connectivity index (χ3v) is 6.94. The molecule has 2 aromatic carbocycles. The van der Waals surface area contributed by atoms with Gasteiger partial charge in [0.15, 0.2) is 0 Å². The summed E-state index contributed by atoms with van der Waals surface area (Å²) >= 11 is 0. The Bertz CT molecular complexity index is 1760. The lowest BCUT2D eigenvalue weighted by molar-refractivity contribution is -0.127. The number of anilines is 1. The highest BCUT2D eigenvalue weighted by atomic mass is 19.1. The van der Waals surface area contributed by atoms with E-state index < -0.39 is 29.0 Å². The summed E-state index contributed by atoms with van der Waals surface area (Å²) in [4.78, 5) is 62.9. The molecule has 2 aromatic heterocycles. The smallest absolute Gasteiger partial charge is 0.341 e. The molecule has 1 saturated heterocycles. The van der Waals surface area contributed by atoms with Gasteiger partial charge in [0, 0.05) is 56.2 Å². The molecule has 0 aliphatic carbocycles. The molecule has 4 aromatic rings. The first-order valence-electron chi connectivity index (χ1n) is 13.3. The van der Waals surface area contributed by atoms with E-state index in [1.807, 2.05) is 11.8 Å². The average molecular weight is 571 g/mol. The second-order valence-electron chi connectivity index (χ2n) is 9.55. The molecule has 0 bridgehead atoms. The highest BCUT2D eigenvalue weighted by molar-refractivity contribution is 6.05. The van der Waals surface area contributed by atoms with E-state index in [9.17, 15) is 28.7 Å². The van der Waals surface area contributed by atoms with E-state index in [1.54, 1.807) is 45.9 Å². The summed E-state index contributed by atoms with van der Waals surface area (Å²) in [5, 5.41) is 12.1. The number of nitrogens with zero attached hydrogens (tertiary/aromatic N) is 5. The molecule has 0 atom stereocenters. The van der Waals surface area contributed by atoms with Gasteiger partial charge in [-0.05, 0) is 31.2 Å². The standard InChI is InChI=1S/C30H27FN6O5/c1-2-35-18-22(29(41)42)25(38)21-17-32-30(34-26(21)35)37-14-12-36(13-15-37)28(40)24(16-20-10-6-7-11-23(20)31)33-27(39)19-8-4-3-5-9-19/h3-11,16-18H,2,12-15H2,1H3,(H,33,39)(H,41,42)/b24-16-. The molecule has 1 fully saturated rings. The summed E-state index contributed by atoms with van der Waals surface area (Å²) in [5.74, 6) is -2.49. The quantitative estimate of drug-likeness (QED) is 0.324. The number of carboxylic acids is 1. The Balaban J connectivity index is 1.37. The second kappa shape index (κ2) is 12.0. The van der Waals surface area contributed by atoms with Crippen molar-refractivity contribution in [2.24, 2.45) is 0 Å². The number of fused-ring (bicyclic) bond motifs is 1. The largest absolute Gasteiger partial charge is 0.477 e. The number of carbonyl (C=O) groups is 3. The predicted molar refractivity (Wildman–Crippen MR) is 154 cm³/mol. The zero-order valence-corrected chi connectivity index (χ0v) is 22.7. The lowest BCUT2D eigenvalue weighted by Crippen LogP contribution is -2.51. The van der Waals surface area contributed by atoms with Crippen LogP contribution in [0.15, 0.2) is 77.5 Å². The van der Waals surface area contributed by atoms with Crippen molar-refractivity contribution >= 4 is 40.8 Å². The van der Waals surface area contributed by atoms with Gasteiger partial charge >= 0.3 is 5.97 Å². The molecule has 2 amide bonds. The van der Waals surface area contributed by atoms with Gasteiger partial charge in [0.05, 0.1) is 5.39 Å². The fourth-order valence-corrected chi connectivity index (χ4v) is 4.67. The Hall–Kier alpha value is -5.39. The lowest BCUT2D eigenvalue weighted by Gasteiger charge is -2.35. The highest BCUT2D eigenvalue weighted by Crippen LogP contribution is 2.18. The van der Waals surface area contributed by atoms with Crippen LogP contribution in [0, 0.1) is 5.82 Å². The first-order valence-corrected chi connectivity index (χ1v) is 13.3. The van der Waals surface area contributed by atoms with E-state index in [0.29, 0.717) is 36.8 Å². The van der Waals surface area contributed by atoms with Crippen LogP contribution in [0.2, 0.25) is 0 Å². The number of halogens is 1. The van der Waals surface area contributed by atoms with Crippen molar-refractivity contribution in [2.45, 2.75) is 13.5 Å². The topological polar surface area (TPSA) is 138 Å². The SMILES string of the molecule is CCn1cc(C(=O)O)c(=O)c2cnc(N3CCN(C(=O)/C(=C/c4ccccc4F)NC(=O)c4ccccc4)CC3)nc21. The van der Waals surface area contributed by atoms with Gasteiger partial charge in [-0.1, -0.05) is 36.4 Å². The second-order valence-corrected chi connectivity index (χ2v) is 9.55. The number of amides is 2. The van der Waals surface area contributed by atoms with Crippen LogP contribution in [-0.4, -0.2) is 68.5 Å². The number of aryl methyl sites for hydroxylation is 1. The van der Waals surface area contributed by atoms with Crippen LogP contribution in [0.5, 0.6) is 0 Å². The molecule has 0 unspecified atom stereocenters. The molecular formula is C30H27FN6O5. The third kappa shape index (κ3) is 5.73. The van der Waals surface area contributed by atoms with Gasteiger partial charge < -0.3 is 24.8 Å². The number of aromatic nitrogens is 3. The van der Waals surface area contributed by atoms with Crippen molar-refractivity contribution in [1.29, 1.82) is 0 Å². The van der Waals surface area contributed by atoms with Gasteiger partial charge in [-0.25, -0.2) is 14.2 Å². The van der Waals surface area contributed by atoms with Crippen molar-refractivity contribution in [3.05, 3.63) is 105 Å². The number of benzene rings is 2. The lowest BCUT2D eigenvalue weighted by atomic mass is 10.1. The van der Waals surface area contributed by atoms with Gasteiger partial charge in [0.25, 0.3) is 11.8 Å². The monoisotopic (exact) mass is 570 g/mol. The fraction of sp³-hybridized carbons (Fsp3) is 0.200. The van der Waals surface area contributed by atoms with Crippen molar-refractivity contribution in [1.82, 2.24) is 24.8 Å². The van der Waals surface area contributed by atoms with Crippen LogP contribution < -0.4 is 15.6 Å². The summed E-state index contributed by atoms with van der Waals surface area (Å²) in [7, 11) is 0. The van der Waals surface area contributed by atoms with Crippen LogP contribution in [0.4, 0.5) is 10.3 Å². The molecule has 0 spiro atoms. The maximum Gasteiger partial charge on any atom is 0.341 e.